The van der Waals surface area contributed by atoms with Gasteiger partial charge in [0.05, 0.1) is 12.7 Å². The van der Waals surface area contributed by atoms with E-state index in [4.69, 9.17) is 9.47 Å². The number of carbonyl (C=O) groups excluding carboxylic acids is 1. The summed E-state index contributed by atoms with van der Waals surface area (Å²) in [4.78, 5) is 11.8. The Morgan fingerprint density at radius 1 is 1.23 bits per heavy atom. The van der Waals surface area contributed by atoms with Crippen LogP contribution in [-0.4, -0.2) is 33.0 Å². The van der Waals surface area contributed by atoms with Gasteiger partial charge in [0.15, 0.2) is 0 Å². The van der Waals surface area contributed by atoms with E-state index in [2.05, 4.69) is 4.40 Å². The first-order chi connectivity index (χ1) is 14.0. The average molecular weight is 434 g/mol. The van der Waals surface area contributed by atoms with Crippen LogP contribution in [0.3, 0.4) is 0 Å². The first-order valence-corrected chi connectivity index (χ1v) is 11.0. The van der Waals surface area contributed by atoms with Gasteiger partial charge in [0.25, 0.3) is 10.0 Å². The highest BCUT2D eigenvalue weighted by Gasteiger charge is 2.47. The Bertz CT molecular complexity index is 1090. The lowest BCUT2D eigenvalue weighted by atomic mass is 9.94. The van der Waals surface area contributed by atoms with Crippen LogP contribution in [0.4, 0.5) is 4.39 Å². The van der Waals surface area contributed by atoms with Crippen molar-refractivity contribution in [3.63, 3.8) is 0 Å². The Hall–Kier alpha value is -2.74. The average Bonchev–Trinajstić information content (AvgIpc) is 2.65. The van der Waals surface area contributed by atoms with Gasteiger partial charge in [-0.2, -0.15) is 0 Å². The quantitative estimate of drug-likeness (QED) is 0.654. The normalized spacial score (nSPS) is 20.6. The van der Waals surface area contributed by atoms with E-state index in [9.17, 15) is 17.6 Å². The van der Waals surface area contributed by atoms with E-state index in [1.807, 2.05) is 0 Å². The number of ether oxygens (including phenoxy) is 2. The van der Waals surface area contributed by atoms with Crippen molar-refractivity contribution in [2.75, 3.05) is 7.11 Å². The summed E-state index contributed by atoms with van der Waals surface area (Å²) in [5, 5.41) is -1.11. The molecule has 0 radical (unpaired) electrons. The fourth-order valence-electron chi connectivity index (χ4n) is 3.77. The van der Waals surface area contributed by atoms with E-state index in [0.717, 1.165) is 0 Å². The minimum atomic E-state index is -4.00. The van der Waals surface area contributed by atoms with Gasteiger partial charge >= 0.3 is 5.97 Å². The number of carbonyl (C=O) groups is 1. The molecule has 2 aromatic carbocycles. The standard InChI is InChI=1S/C22H24FNO5S/c1-14(17-10-5-6-11-18(17)23)12-19-24-30(26,27)20(22(2,3)29-19)15-8-7-9-16(13-15)21(25)28-4/h5-11,13-14,20H,12H2,1-4H3/t14-,20?/m1/s1. The van der Waals surface area contributed by atoms with Crippen LogP contribution in [0.1, 0.15) is 59.8 Å². The molecule has 0 aliphatic carbocycles. The molecule has 0 saturated heterocycles. The monoisotopic (exact) mass is 433 g/mol. The summed E-state index contributed by atoms with van der Waals surface area (Å²) in [5.41, 5.74) is -0.0664. The van der Waals surface area contributed by atoms with Gasteiger partial charge in [-0.15, -0.1) is 4.40 Å². The number of hydrogen-bond donors (Lipinski definition) is 0. The molecule has 1 aliphatic heterocycles. The summed E-state index contributed by atoms with van der Waals surface area (Å²) in [7, 11) is -2.75. The van der Waals surface area contributed by atoms with E-state index in [1.54, 1.807) is 57.2 Å². The van der Waals surface area contributed by atoms with E-state index in [1.165, 1.54) is 19.2 Å². The van der Waals surface area contributed by atoms with Gasteiger partial charge in [-0.3, -0.25) is 0 Å². The Morgan fingerprint density at radius 3 is 2.57 bits per heavy atom. The van der Waals surface area contributed by atoms with Crippen LogP contribution in [0.25, 0.3) is 0 Å². The van der Waals surface area contributed by atoms with Crippen molar-refractivity contribution in [1.29, 1.82) is 0 Å². The van der Waals surface area contributed by atoms with Gasteiger partial charge < -0.3 is 9.47 Å². The van der Waals surface area contributed by atoms with Crippen molar-refractivity contribution in [2.24, 2.45) is 4.40 Å². The summed E-state index contributed by atoms with van der Waals surface area (Å²) in [6.45, 7) is 5.10. The SMILES string of the molecule is COC(=O)c1cccc(C2C(C)(C)OC(C[C@@H](C)c3ccccc3F)=NS2(=O)=O)c1. The maximum Gasteiger partial charge on any atom is 0.337 e. The summed E-state index contributed by atoms with van der Waals surface area (Å²) in [5.74, 6) is -1.21. The van der Waals surface area contributed by atoms with Crippen molar-refractivity contribution >= 4 is 21.9 Å². The molecule has 0 amide bonds. The topological polar surface area (TPSA) is 82.0 Å². The number of nitrogens with zero attached hydrogens (tertiary/aromatic N) is 1. The summed E-state index contributed by atoms with van der Waals surface area (Å²) in [6.07, 6.45) is 0.137. The van der Waals surface area contributed by atoms with Crippen molar-refractivity contribution in [1.82, 2.24) is 0 Å². The van der Waals surface area contributed by atoms with E-state index in [-0.39, 0.29) is 29.6 Å². The lowest BCUT2D eigenvalue weighted by Gasteiger charge is -2.37. The van der Waals surface area contributed by atoms with Gasteiger partial charge in [-0.05, 0) is 49.1 Å². The lowest BCUT2D eigenvalue weighted by Crippen LogP contribution is -2.43. The van der Waals surface area contributed by atoms with Gasteiger partial charge in [0, 0.05) is 6.42 Å². The fourth-order valence-corrected chi connectivity index (χ4v) is 5.53. The first-order valence-electron chi connectivity index (χ1n) is 9.49. The molecular weight excluding hydrogens is 409 g/mol. The maximum atomic E-state index is 14.1. The van der Waals surface area contributed by atoms with E-state index < -0.39 is 26.8 Å². The zero-order valence-corrected chi connectivity index (χ0v) is 18.1. The van der Waals surface area contributed by atoms with Crippen LogP contribution in [-0.2, 0) is 19.5 Å². The molecule has 0 N–H and O–H groups in total. The predicted molar refractivity (Wildman–Crippen MR) is 111 cm³/mol. The van der Waals surface area contributed by atoms with Crippen LogP contribution in [0.2, 0.25) is 0 Å². The van der Waals surface area contributed by atoms with E-state index >= 15 is 0 Å². The minimum absolute atomic E-state index is 0.0381. The molecule has 2 aromatic rings. The molecule has 30 heavy (non-hydrogen) atoms. The van der Waals surface area contributed by atoms with Gasteiger partial charge in [0.2, 0.25) is 5.90 Å². The summed E-state index contributed by atoms with van der Waals surface area (Å²) >= 11 is 0. The van der Waals surface area contributed by atoms with Crippen molar-refractivity contribution in [2.45, 2.75) is 44.0 Å². The summed E-state index contributed by atoms with van der Waals surface area (Å²) < 4.78 is 54.8. The van der Waals surface area contributed by atoms with Gasteiger partial charge in [0.1, 0.15) is 16.7 Å². The molecule has 0 fully saturated rings. The Morgan fingerprint density at radius 2 is 1.93 bits per heavy atom. The number of hydrogen-bond acceptors (Lipinski definition) is 5. The molecule has 1 heterocycles. The van der Waals surface area contributed by atoms with E-state index in [0.29, 0.717) is 11.1 Å². The molecule has 0 aromatic heterocycles. The highest BCUT2D eigenvalue weighted by molar-refractivity contribution is 7.90. The molecule has 160 valence electrons. The van der Waals surface area contributed by atoms with Gasteiger partial charge in [-0.25, -0.2) is 17.6 Å². The zero-order chi connectivity index (χ0) is 22.1. The highest BCUT2D eigenvalue weighted by Crippen LogP contribution is 2.41. The minimum Gasteiger partial charge on any atom is -0.472 e. The van der Waals surface area contributed by atoms with Gasteiger partial charge in [-0.1, -0.05) is 37.3 Å². The molecule has 2 atom stereocenters. The third-order valence-electron chi connectivity index (χ3n) is 5.07. The second-order valence-electron chi connectivity index (χ2n) is 7.83. The van der Waals surface area contributed by atoms with Crippen molar-refractivity contribution < 1.29 is 27.1 Å². The first kappa shape index (κ1) is 22.0. The van der Waals surface area contributed by atoms with Crippen LogP contribution < -0.4 is 0 Å². The van der Waals surface area contributed by atoms with Crippen LogP contribution in [0.5, 0.6) is 0 Å². The number of halogens is 1. The van der Waals surface area contributed by atoms with Crippen LogP contribution in [0.15, 0.2) is 52.9 Å². The number of methoxy groups -OCH3 is 1. The maximum absolute atomic E-state index is 14.1. The fraction of sp³-hybridized carbons (Fsp3) is 0.364. The molecule has 3 rings (SSSR count). The molecule has 1 aliphatic rings. The Kier molecular flexibility index (Phi) is 5.99. The van der Waals surface area contributed by atoms with Crippen LogP contribution >= 0.6 is 0 Å². The third-order valence-corrected chi connectivity index (χ3v) is 6.96. The molecule has 6 nitrogen and oxygen atoms in total. The zero-order valence-electron chi connectivity index (χ0n) is 17.3. The third kappa shape index (κ3) is 4.38. The summed E-state index contributed by atoms with van der Waals surface area (Å²) in [6, 6.07) is 12.6. The number of benzene rings is 2. The Balaban J connectivity index is 1.94. The smallest absolute Gasteiger partial charge is 0.337 e. The van der Waals surface area contributed by atoms with Crippen LogP contribution in [0, 0.1) is 5.82 Å². The molecule has 8 heteroatoms. The molecule has 0 saturated carbocycles. The number of sulfonamides is 1. The van der Waals surface area contributed by atoms with Crippen molar-refractivity contribution in [3.8, 4) is 0 Å². The second-order valence-corrected chi connectivity index (χ2v) is 9.51. The molecule has 0 spiro atoms. The molecule has 0 bridgehead atoms. The predicted octanol–water partition coefficient (Wildman–Crippen LogP) is 4.38. The lowest BCUT2D eigenvalue weighted by molar-refractivity contribution is 0.0598. The molecular formula is C22H24FNO5S. The van der Waals surface area contributed by atoms with Crippen molar-refractivity contribution in [3.05, 3.63) is 71.0 Å². The number of rotatable bonds is 5. The Labute approximate surface area is 175 Å². The molecule has 1 unspecified atom stereocenters. The second kappa shape index (κ2) is 8.18. The highest BCUT2D eigenvalue weighted by atomic mass is 32.2. The number of esters is 1. The largest absolute Gasteiger partial charge is 0.472 e.